The average Bonchev–Trinajstić information content (AvgIpc) is 2.78. The van der Waals surface area contributed by atoms with Crippen LogP contribution in [0.5, 0.6) is 0 Å². The Morgan fingerprint density at radius 1 is 1.13 bits per heavy atom. The molecule has 0 fully saturated rings. The van der Waals surface area contributed by atoms with Gasteiger partial charge in [-0.3, -0.25) is 0 Å². The largest absolute Gasteiger partial charge is 0.384 e. The van der Waals surface area contributed by atoms with E-state index in [4.69, 9.17) is 0 Å². The monoisotopic (exact) mass is 197 g/mol. The highest BCUT2D eigenvalue weighted by atomic mass is 14.9. The van der Waals surface area contributed by atoms with Crippen LogP contribution in [0, 0.1) is 0 Å². The first-order valence-electron chi connectivity index (χ1n) is 5.06. The van der Waals surface area contributed by atoms with Crippen molar-refractivity contribution in [1.82, 2.24) is 9.97 Å². The molecular formula is C12H11N3. The Kier molecular flexibility index (Phi) is 1.88. The van der Waals surface area contributed by atoms with Crippen LogP contribution in [0.4, 0.5) is 5.69 Å². The van der Waals surface area contributed by atoms with E-state index in [2.05, 4.69) is 33.5 Å². The van der Waals surface area contributed by atoms with Crippen LogP contribution in [-0.2, 0) is 6.42 Å². The maximum atomic E-state index is 4.06. The Balaban J connectivity index is 2.17. The molecule has 1 aromatic heterocycles. The summed E-state index contributed by atoms with van der Waals surface area (Å²) in [6.07, 6.45) is 6.37. The molecule has 0 saturated carbocycles. The van der Waals surface area contributed by atoms with E-state index < -0.39 is 0 Å². The molecule has 0 aliphatic carbocycles. The van der Waals surface area contributed by atoms with Crippen molar-refractivity contribution in [3.05, 3.63) is 42.5 Å². The first-order valence-corrected chi connectivity index (χ1v) is 5.06. The molecule has 1 aliphatic heterocycles. The summed E-state index contributed by atoms with van der Waals surface area (Å²) in [6.45, 7) is 1.03. The fraction of sp³-hybridized carbons (Fsp3) is 0.167. The Bertz CT molecular complexity index is 479. The number of hydrogen-bond acceptors (Lipinski definition) is 3. The second kappa shape index (κ2) is 3.35. The summed E-state index contributed by atoms with van der Waals surface area (Å²) < 4.78 is 0. The standard InChI is InChI=1S/C12H11N3/c1-2-10(9-6-13-8-14-7-9)11-4-5-15-12(11)3-1/h1-3,6-8,15H,4-5H2. The van der Waals surface area contributed by atoms with Gasteiger partial charge in [-0.25, -0.2) is 9.97 Å². The van der Waals surface area contributed by atoms with Crippen LogP contribution >= 0.6 is 0 Å². The van der Waals surface area contributed by atoms with Gasteiger partial charge in [0.15, 0.2) is 0 Å². The summed E-state index contributed by atoms with van der Waals surface area (Å²) in [5, 5.41) is 3.37. The number of nitrogens with one attached hydrogen (secondary N) is 1. The molecule has 1 aliphatic rings. The van der Waals surface area contributed by atoms with Crippen LogP contribution < -0.4 is 5.32 Å². The SMILES string of the molecule is c1cc2c(c(-c3cncnc3)c1)CCN2. The number of nitrogens with zero attached hydrogens (tertiary/aromatic N) is 2. The average molecular weight is 197 g/mol. The fourth-order valence-corrected chi connectivity index (χ4v) is 2.05. The van der Waals surface area contributed by atoms with Crippen molar-refractivity contribution >= 4 is 5.69 Å². The molecule has 0 atom stereocenters. The van der Waals surface area contributed by atoms with Gasteiger partial charge in [0.05, 0.1) is 0 Å². The summed E-state index contributed by atoms with van der Waals surface area (Å²) in [7, 11) is 0. The molecule has 74 valence electrons. The lowest BCUT2D eigenvalue weighted by Crippen LogP contribution is -1.90. The first kappa shape index (κ1) is 8.41. The van der Waals surface area contributed by atoms with Crippen molar-refractivity contribution < 1.29 is 0 Å². The van der Waals surface area contributed by atoms with Gasteiger partial charge in [0, 0.05) is 30.2 Å². The minimum absolute atomic E-state index is 1.03. The smallest absolute Gasteiger partial charge is 0.115 e. The third kappa shape index (κ3) is 1.36. The molecule has 3 nitrogen and oxygen atoms in total. The molecule has 0 bridgehead atoms. The third-order valence-electron chi connectivity index (χ3n) is 2.74. The summed E-state index contributed by atoms with van der Waals surface area (Å²) in [5.74, 6) is 0. The molecule has 0 saturated heterocycles. The van der Waals surface area contributed by atoms with Gasteiger partial charge in [-0.15, -0.1) is 0 Å². The van der Waals surface area contributed by atoms with E-state index >= 15 is 0 Å². The van der Waals surface area contributed by atoms with Gasteiger partial charge in [-0.05, 0) is 23.6 Å². The van der Waals surface area contributed by atoms with Gasteiger partial charge in [-0.1, -0.05) is 12.1 Å². The van der Waals surface area contributed by atoms with E-state index in [1.807, 2.05) is 12.4 Å². The minimum atomic E-state index is 1.03. The Morgan fingerprint density at radius 2 is 2.00 bits per heavy atom. The molecule has 2 heterocycles. The fourth-order valence-electron chi connectivity index (χ4n) is 2.05. The molecule has 0 unspecified atom stereocenters. The zero-order chi connectivity index (χ0) is 10.1. The molecule has 3 rings (SSSR count). The van der Waals surface area contributed by atoms with Crippen LogP contribution in [0.2, 0.25) is 0 Å². The third-order valence-corrected chi connectivity index (χ3v) is 2.74. The van der Waals surface area contributed by atoms with Crippen LogP contribution in [-0.4, -0.2) is 16.5 Å². The molecule has 1 N–H and O–H groups in total. The quantitative estimate of drug-likeness (QED) is 0.760. The molecule has 0 amide bonds. The topological polar surface area (TPSA) is 37.8 Å². The van der Waals surface area contributed by atoms with E-state index in [-0.39, 0.29) is 0 Å². The predicted molar refractivity (Wildman–Crippen MR) is 59.7 cm³/mol. The minimum Gasteiger partial charge on any atom is -0.384 e. The second-order valence-electron chi connectivity index (χ2n) is 3.64. The maximum Gasteiger partial charge on any atom is 0.115 e. The zero-order valence-corrected chi connectivity index (χ0v) is 8.27. The number of fused-ring (bicyclic) bond motifs is 1. The van der Waals surface area contributed by atoms with Crippen molar-refractivity contribution in [1.29, 1.82) is 0 Å². The number of rotatable bonds is 1. The lowest BCUT2D eigenvalue weighted by atomic mass is 10.0. The Labute approximate surface area is 88.2 Å². The zero-order valence-electron chi connectivity index (χ0n) is 8.27. The highest BCUT2D eigenvalue weighted by Crippen LogP contribution is 2.31. The lowest BCUT2D eigenvalue weighted by Gasteiger charge is -2.06. The molecular weight excluding hydrogens is 186 g/mol. The van der Waals surface area contributed by atoms with Crippen LogP contribution in [0.1, 0.15) is 5.56 Å². The van der Waals surface area contributed by atoms with Crippen LogP contribution in [0.25, 0.3) is 11.1 Å². The summed E-state index contributed by atoms with van der Waals surface area (Å²) in [4.78, 5) is 8.11. The van der Waals surface area contributed by atoms with Gasteiger partial charge in [-0.2, -0.15) is 0 Å². The normalized spacial score (nSPS) is 13.3. The maximum absolute atomic E-state index is 4.06. The predicted octanol–water partition coefficient (Wildman–Crippen LogP) is 2.11. The molecule has 2 aromatic rings. The van der Waals surface area contributed by atoms with Crippen molar-refractivity contribution in [2.24, 2.45) is 0 Å². The molecule has 15 heavy (non-hydrogen) atoms. The summed E-state index contributed by atoms with van der Waals surface area (Å²) >= 11 is 0. The number of benzene rings is 1. The number of hydrogen-bond donors (Lipinski definition) is 1. The van der Waals surface area contributed by atoms with Crippen molar-refractivity contribution in [3.8, 4) is 11.1 Å². The molecule has 1 aromatic carbocycles. The molecule has 0 radical (unpaired) electrons. The number of aromatic nitrogens is 2. The van der Waals surface area contributed by atoms with Gasteiger partial charge in [0.25, 0.3) is 0 Å². The number of anilines is 1. The van der Waals surface area contributed by atoms with Crippen LogP contribution in [0.15, 0.2) is 36.9 Å². The van der Waals surface area contributed by atoms with Crippen molar-refractivity contribution in [2.45, 2.75) is 6.42 Å². The Hall–Kier alpha value is -1.90. The van der Waals surface area contributed by atoms with Gasteiger partial charge in [0.2, 0.25) is 0 Å². The molecule has 0 spiro atoms. The molecule has 3 heteroatoms. The van der Waals surface area contributed by atoms with E-state index in [1.54, 1.807) is 6.33 Å². The van der Waals surface area contributed by atoms with E-state index in [0.717, 1.165) is 18.5 Å². The Morgan fingerprint density at radius 3 is 2.87 bits per heavy atom. The van der Waals surface area contributed by atoms with E-state index in [9.17, 15) is 0 Å². The van der Waals surface area contributed by atoms with Gasteiger partial charge >= 0.3 is 0 Å². The highest BCUT2D eigenvalue weighted by molar-refractivity contribution is 5.74. The first-order chi connectivity index (χ1) is 7.45. The summed E-state index contributed by atoms with van der Waals surface area (Å²) in [5.41, 5.74) is 4.97. The second-order valence-corrected chi connectivity index (χ2v) is 3.64. The van der Waals surface area contributed by atoms with Gasteiger partial charge < -0.3 is 5.32 Å². The van der Waals surface area contributed by atoms with Crippen molar-refractivity contribution in [2.75, 3.05) is 11.9 Å². The van der Waals surface area contributed by atoms with E-state index in [1.165, 1.54) is 16.8 Å². The lowest BCUT2D eigenvalue weighted by molar-refractivity contribution is 1.10. The van der Waals surface area contributed by atoms with Crippen molar-refractivity contribution in [3.63, 3.8) is 0 Å². The van der Waals surface area contributed by atoms with Gasteiger partial charge in [0.1, 0.15) is 6.33 Å². The summed E-state index contributed by atoms with van der Waals surface area (Å²) in [6, 6.07) is 6.32. The van der Waals surface area contributed by atoms with Crippen LogP contribution in [0.3, 0.4) is 0 Å². The highest BCUT2D eigenvalue weighted by Gasteiger charge is 2.14. The van der Waals surface area contributed by atoms with E-state index in [0.29, 0.717) is 0 Å².